The minimum Gasteiger partial charge on any atom is -0.399 e. The summed E-state index contributed by atoms with van der Waals surface area (Å²) in [4.78, 5) is 21.8. The third kappa shape index (κ3) is 2.38. The minimum absolute atomic E-state index is 0.0533. The third-order valence-electron chi connectivity index (χ3n) is 3.11. The summed E-state index contributed by atoms with van der Waals surface area (Å²) in [6, 6.07) is 3.17. The van der Waals surface area contributed by atoms with E-state index in [9.17, 15) is 28.1 Å². The smallest absolute Gasteiger partial charge is 0.399 e. The summed E-state index contributed by atoms with van der Waals surface area (Å²) in [7, 11) is 0. The zero-order valence-corrected chi connectivity index (χ0v) is 10.0. The van der Waals surface area contributed by atoms with Crippen LogP contribution >= 0.6 is 0 Å². The third-order valence-corrected chi connectivity index (χ3v) is 3.11. The zero-order chi connectivity index (χ0) is 15.1. The highest BCUT2D eigenvalue weighted by Gasteiger charge is 2.64. The normalized spacial score (nSPS) is 16.6. The van der Waals surface area contributed by atoms with E-state index in [-0.39, 0.29) is 18.5 Å². The maximum atomic E-state index is 12.7. The second-order valence-electron chi connectivity index (χ2n) is 4.57. The molecule has 0 saturated heterocycles. The molecule has 2 rings (SSSR count). The monoisotopic (exact) mass is 289 g/mol. The van der Waals surface area contributed by atoms with Gasteiger partial charge in [0.2, 0.25) is 0 Å². The molecule has 0 aromatic heterocycles. The lowest BCUT2D eigenvalue weighted by atomic mass is 10.1. The van der Waals surface area contributed by atoms with Gasteiger partial charge in [-0.2, -0.15) is 13.2 Å². The van der Waals surface area contributed by atoms with Crippen LogP contribution in [0.15, 0.2) is 18.2 Å². The Morgan fingerprint density at radius 1 is 1.40 bits per heavy atom. The number of rotatable bonds is 3. The quantitative estimate of drug-likeness (QED) is 0.505. The van der Waals surface area contributed by atoms with Crippen LogP contribution in [0, 0.1) is 10.1 Å². The molecule has 1 saturated carbocycles. The van der Waals surface area contributed by atoms with Crippen molar-refractivity contribution in [2.24, 2.45) is 0 Å². The Hall–Kier alpha value is -2.32. The molecule has 0 unspecified atom stereocenters. The Kier molecular flexibility index (Phi) is 3.07. The fourth-order valence-corrected chi connectivity index (χ4v) is 1.78. The van der Waals surface area contributed by atoms with Gasteiger partial charge in [-0.15, -0.1) is 0 Å². The Balaban J connectivity index is 2.31. The van der Waals surface area contributed by atoms with Crippen molar-refractivity contribution in [1.82, 2.24) is 5.32 Å². The minimum atomic E-state index is -4.59. The van der Waals surface area contributed by atoms with Crippen LogP contribution in [0.3, 0.4) is 0 Å². The number of nitrogens with one attached hydrogen (secondary N) is 1. The van der Waals surface area contributed by atoms with Crippen LogP contribution in [0.4, 0.5) is 24.5 Å². The van der Waals surface area contributed by atoms with Gasteiger partial charge in [0, 0.05) is 11.8 Å². The summed E-state index contributed by atoms with van der Waals surface area (Å²) in [5, 5.41) is 12.6. The Labute approximate surface area is 110 Å². The van der Waals surface area contributed by atoms with Crippen LogP contribution in [-0.4, -0.2) is 22.5 Å². The van der Waals surface area contributed by atoms with Gasteiger partial charge >= 0.3 is 6.18 Å². The standard InChI is InChI=1S/C11H10F3N3O3/c12-11(13,14)10(3-4-10)16-9(18)7-5-6(15)1-2-8(7)17(19)20/h1-2,5H,3-4,15H2,(H,16,18). The number of carbonyl (C=O) groups excluding carboxylic acids is 1. The molecule has 0 radical (unpaired) electrons. The first-order valence-electron chi connectivity index (χ1n) is 5.59. The molecule has 0 aliphatic heterocycles. The summed E-state index contributed by atoms with van der Waals surface area (Å²) >= 11 is 0. The lowest BCUT2D eigenvalue weighted by Gasteiger charge is -2.20. The van der Waals surface area contributed by atoms with Crippen molar-refractivity contribution < 1.29 is 22.9 Å². The van der Waals surface area contributed by atoms with Crippen molar-refractivity contribution in [3.05, 3.63) is 33.9 Å². The Morgan fingerprint density at radius 3 is 2.45 bits per heavy atom. The summed E-state index contributed by atoms with van der Waals surface area (Å²) in [6.45, 7) is 0. The molecule has 108 valence electrons. The van der Waals surface area contributed by atoms with E-state index in [1.165, 1.54) is 6.07 Å². The van der Waals surface area contributed by atoms with Gasteiger partial charge in [0.25, 0.3) is 11.6 Å². The van der Waals surface area contributed by atoms with E-state index < -0.39 is 33.8 Å². The first kappa shape index (κ1) is 14.1. The van der Waals surface area contributed by atoms with E-state index in [0.717, 1.165) is 12.1 Å². The molecule has 1 aromatic carbocycles. The summed E-state index contributed by atoms with van der Waals surface area (Å²) in [5.74, 6) is -1.15. The number of nitrogen functional groups attached to an aromatic ring is 1. The second-order valence-corrected chi connectivity index (χ2v) is 4.57. The van der Waals surface area contributed by atoms with Gasteiger partial charge in [0.05, 0.1) is 4.92 Å². The van der Waals surface area contributed by atoms with Crippen LogP contribution in [-0.2, 0) is 0 Å². The second kappa shape index (κ2) is 4.36. The molecule has 6 nitrogen and oxygen atoms in total. The van der Waals surface area contributed by atoms with Crippen molar-refractivity contribution in [1.29, 1.82) is 0 Å². The number of halogens is 3. The van der Waals surface area contributed by atoms with Crippen LogP contribution in [0.2, 0.25) is 0 Å². The summed E-state index contributed by atoms with van der Waals surface area (Å²) in [5.41, 5.74) is 2.11. The van der Waals surface area contributed by atoms with Gasteiger partial charge in [0.1, 0.15) is 11.1 Å². The SMILES string of the molecule is Nc1ccc([N+](=O)[O-])c(C(=O)NC2(C(F)(F)F)CC2)c1. The molecule has 1 fully saturated rings. The Morgan fingerprint density at radius 2 is 2.00 bits per heavy atom. The van der Waals surface area contributed by atoms with Crippen molar-refractivity contribution >= 4 is 17.3 Å². The molecule has 1 aliphatic carbocycles. The molecule has 0 heterocycles. The number of anilines is 1. The van der Waals surface area contributed by atoms with Crippen LogP contribution < -0.4 is 11.1 Å². The molecular weight excluding hydrogens is 279 g/mol. The maximum absolute atomic E-state index is 12.7. The number of hydrogen-bond donors (Lipinski definition) is 2. The molecule has 1 aromatic rings. The topological polar surface area (TPSA) is 98.3 Å². The molecule has 20 heavy (non-hydrogen) atoms. The van der Waals surface area contributed by atoms with Gasteiger partial charge in [0.15, 0.2) is 0 Å². The van der Waals surface area contributed by atoms with Crippen molar-refractivity contribution in [2.75, 3.05) is 5.73 Å². The average molecular weight is 289 g/mol. The maximum Gasteiger partial charge on any atom is 0.411 e. The Bertz CT molecular complexity index is 582. The number of alkyl halides is 3. The van der Waals surface area contributed by atoms with Crippen molar-refractivity contribution in [2.45, 2.75) is 24.6 Å². The van der Waals surface area contributed by atoms with Gasteiger partial charge in [-0.25, -0.2) is 0 Å². The van der Waals surface area contributed by atoms with Crippen molar-refractivity contribution in [3.63, 3.8) is 0 Å². The number of carbonyl (C=O) groups is 1. The van der Waals surface area contributed by atoms with E-state index in [2.05, 4.69) is 0 Å². The number of nitro groups is 1. The molecule has 1 amide bonds. The molecular formula is C11H10F3N3O3. The van der Waals surface area contributed by atoms with Gasteiger partial charge < -0.3 is 11.1 Å². The fourth-order valence-electron chi connectivity index (χ4n) is 1.78. The molecule has 1 aliphatic rings. The van der Waals surface area contributed by atoms with E-state index >= 15 is 0 Å². The molecule has 0 spiro atoms. The van der Waals surface area contributed by atoms with E-state index in [4.69, 9.17) is 5.73 Å². The van der Waals surface area contributed by atoms with Gasteiger partial charge in [-0.3, -0.25) is 14.9 Å². The average Bonchev–Trinajstić information content (AvgIpc) is 3.08. The molecule has 0 bridgehead atoms. The number of nitro benzene ring substituents is 1. The highest BCUT2D eigenvalue weighted by atomic mass is 19.4. The molecule has 3 N–H and O–H groups in total. The van der Waals surface area contributed by atoms with Gasteiger partial charge in [-0.05, 0) is 25.0 Å². The number of benzene rings is 1. The predicted octanol–water partition coefficient (Wildman–Crippen LogP) is 2.00. The number of amides is 1. The fraction of sp³-hybridized carbons (Fsp3) is 0.364. The largest absolute Gasteiger partial charge is 0.411 e. The van der Waals surface area contributed by atoms with Crippen LogP contribution in [0.25, 0.3) is 0 Å². The highest BCUT2D eigenvalue weighted by molar-refractivity contribution is 5.99. The number of nitrogens with two attached hydrogens (primary N) is 1. The number of hydrogen-bond acceptors (Lipinski definition) is 4. The molecule has 9 heteroatoms. The summed E-state index contributed by atoms with van der Waals surface area (Å²) < 4.78 is 38.2. The highest BCUT2D eigenvalue weighted by Crippen LogP contribution is 2.49. The first-order chi connectivity index (χ1) is 9.16. The molecule has 0 atom stereocenters. The van der Waals surface area contributed by atoms with Crippen LogP contribution in [0.5, 0.6) is 0 Å². The lowest BCUT2D eigenvalue weighted by molar-refractivity contribution is -0.385. The lowest BCUT2D eigenvalue weighted by Crippen LogP contribution is -2.48. The first-order valence-corrected chi connectivity index (χ1v) is 5.59. The van der Waals surface area contributed by atoms with Crippen LogP contribution in [0.1, 0.15) is 23.2 Å². The van der Waals surface area contributed by atoms with E-state index in [0.29, 0.717) is 0 Å². The van der Waals surface area contributed by atoms with E-state index in [1.807, 2.05) is 5.32 Å². The zero-order valence-electron chi connectivity index (χ0n) is 10.0. The number of nitrogens with zero attached hydrogens (tertiary/aromatic N) is 1. The van der Waals surface area contributed by atoms with Crippen molar-refractivity contribution in [3.8, 4) is 0 Å². The van der Waals surface area contributed by atoms with E-state index in [1.54, 1.807) is 0 Å². The predicted molar refractivity (Wildman–Crippen MR) is 63.0 cm³/mol. The summed E-state index contributed by atoms with van der Waals surface area (Å²) in [6.07, 6.45) is -5.06. The van der Waals surface area contributed by atoms with Gasteiger partial charge in [-0.1, -0.05) is 0 Å².